The molecule has 0 radical (unpaired) electrons. The normalized spacial score (nSPS) is 15.0. The SMILES string of the molecule is CC(C)CNCc1ccc(N(CC2CC2)C(C)C)c(Br)c1. The van der Waals surface area contributed by atoms with Gasteiger partial charge in [-0.15, -0.1) is 0 Å². The molecule has 1 fully saturated rings. The average Bonchev–Trinajstić information content (AvgIpc) is 3.20. The molecule has 1 N–H and O–H groups in total. The second-order valence-electron chi connectivity index (χ2n) is 7.00. The zero-order chi connectivity index (χ0) is 15.4. The summed E-state index contributed by atoms with van der Waals surface area (Å²) in [6.45, 7) is 12.3. The fourth-order valence-electron chi connectivity index (χ4n) is 2.56. The second-order valence-corrected chi connectivity index (χ2v) is 7.85. The smallest absolute Gasteiger partial charge is 0.0513 e. The number of hydrogen-bond donors (Lipinski definition) is 1. The Bertz CT molecular complexity index is 453. The lowest BCUT2D eigenvalue weighted by Gasteiger charge is -2.30. The zero-order valence-corrected chi connectivity index (χ0v) is 15.4. The summed E-state index contributed by atoms with van der Waals surface area (Å²) in [4.78, 5) is 2.53. The lowest BCUT2D eigenvalue weighted by molar-refractivity contribution is 0.552. The molecule has 21 heavy (non-hydrogen) atoms. The molecule has 0 aromatic heterocycles. The van der Waals surface area contributed by atoms with Crippen LogP contribution in [0.15, 0.2) is 22.7 Å². The van der Waals surface area contributed by atoms with Crippen molar-refractivity contribution in [1.29, 1.82) is 0 Å². The minimum Gasteiger partial charge on any atom is -0.368 e. The van der Waals surface area contributed by atoms with E-state index in [9.17, 15) is 0 Å². The van der Waals surface area contributed by atoms with E-state index in [4.69, 9.17) is 0 Å². The fraction of sp³-hybridized carbons (Fsp3) is 0.667. The van der Waals surface area contributed by atoms with E-state index < -0.39 is 0 Å². The van der Waals surface area contributed by atoms with E-state index in [0.717, 1.165) is 19.0 Å². The average molecular weight is 353 g/mol. The standard InChI is InChI=1S/C18H29BrN2/c1-13(2)10-20-11-16-7-8-18(17(19)9-16)21(14(3)4)12-15-5-6-15/h7-9,13-15,20H,5-6,10-12H2,1-4H3. The van der Waals surface area contributed by atoms with Gasteiger partial charge >= 0.3 is 0 Å². The van der Waals surface area contributed by atoms with E-state index in [1.54, 1.807) is 0 Å². The summed E-state index contributed by atoms with van der Waals surface area (Å²) in [6, 6.07) is 7.35. The number of rotatable bonds is 8. The van der Waals surface area contributed by atoms with E-state index in [2.05, 4.69) is 72.0 Å². The van der Waals surface area contributed by atoms with E-state index in [-0.39, 0.29) is 0 Å². The molecule has 0 heterocycles. The Kier molecular flexibility index (Phi) is 6.12. The van der Waals surface area contributed by atoms with Gasteiger partial charge in [0, 0.05) is 23.6 Å². The minimum absolute atomic E-state index is 0.548. The van der Waals surface area contributed by atoms with Gasteiger partial charge in [-0.05, 0) is 78.7 Å². The molecular weight excluding hydrogens is 324 g/mol. The maximum absolute atomic E-state index is 3.78. The van der Waals surface area contributed by atoms with Gasteiger partial charge in [-0.2, -0.15) is 0 Å². The van der Waals surface area contributed by atoms with Gasteiger partial charge in [-0.25, -0.2) is 0 Å². The van der Waals surface area contributed by atoms with Gasteiger partial charge in [0.2, 0.25) is 0 Å². The molecule has 1 aromatic rings. The number of benzene rings is 1. The molecule has 0 unspecified atom stereocenters. The van der Waals surface area contributed by atoms with Crippen molar-refractivity contribution in [3.05, 3.63) is 28.2 Å². The summed E-state index contributed by atoms with van der Waals surface area (Å²) < 4.78 is 1.22. The summed E-state index contributed by atoms with van der Waals surface area (Å²) in [7, 11) is 0. The molecule has 0 aliphatic heterocycles. The number of halogens is 1. The third-order valence-corrected chi connectivity index (χ3v) is 4.61. The van der Waals surface area contributed by atoms with E-state index in [1.807, 2.05) is 0 Å². The van der Waals surface area contributed by atoms with Gasteiger partial charge in [0.15, 0.2) is 0 Å². The third kappa shape index (κ3) is 5.30. The summed E-state index contributed by atoms with van der Waals surface area (Å²) in [5.41, 5.74) is 2.69. The Labute approximate surface area is 138 Å². The van der Waals surface area contributed by atoms with Gasteiger partial charge in [0.05, 0.1) is 5.69 Å². The Hall–Kier alpha value is -0.540. The number of anilines is 1. The summed E-state index contributed by atoms with van der Waals surface area (Å²) >= 11 is 3.78. The van der Waals surface area contributed by atoms with Crippen molar-refractivity contribution in [2.24, 2.45) is 11.8 Å². The number of hydrogen-bond acceptors (Lipinski definition) is 2. The minimum atomic E-state index is 0.548. The van der Waals surface area contributed by atoms with Crippen molar-refractivity contribution in [2.45, 2.75) is 53.1 Å². The highest BCUT2D eigenvalue weighted by Gasteiger charge is 2.26. The van der Waals surface area contributed by atoms with Gasteiger partial charge < -0.3 is 10.2 Å². The van der Waals surface area contributed by atoms with Crippen LogP contribution in [0.3, 0.4) is 0 Å². The Morgan fingerprint density at radius 1 is 1.24 bits per heavy atom. The predicted molar refractivity (Wildman–Crippen MR) is 95.9 cm³/mol. The Morgan fingerprint density at radius 3 is 2.48 bits per heavy atom. The first kappa shape index (κ1) is 16.8. The second kappa shape index (κ2) is 7.64. The molecule has 1 saturated carbocycles. The maximum Gasteiger partial charge on any atom is 0.0513 e. The Balaban J connectivity index is 2.02. The molecule has 0 atom stereocenters. The van der Waals surface area contributed by atoms with Crippen molar-refractivity contribution >= 4 is 21.6 Å². The van der Waals surface area contributed by atoms with Crippen LogP contribution in [0.2, 0.25) is 0 Å². The number of nitrogens with one attached hydrogen (secondary N) is 1. The molecule has 0 amide bonds. The van der Waals surface area contributed by atoms with Crippen LogP contribution < -0.4 is 10.2 Å². The molecule has 1 aliphatic rings. The van der Waals surface area contributed by atoms with Crippen LogP contribution in [-0.2, 0) is 6.54 Å². The van der Waals surface area contributed by atoms with Crippen LogP contribution in [0.25, 0.3) is 0 Å². The first-order valence-electron chi connectivity index (χ1n) is 8.23. The van der Waals surface area contributed by atoms with Crippen molar-refractivity contribution in [2.75, 3.05) is 18.0 Å². The molecule has 3 heteroatoms. The fourth-order valence-corrected chi connectivity index (χ4v) is 3.22. The maximum atomic E-state index is 3.78. The predicted octanol–water partition coefficient (Wildman–Crippen LogP) is 4.82. The quantitative estimate of drug-likeness (QED) is 0.721. The van der Waals surface area contributed by atoms with Crippen LogP contribution >= 0.6 is 15.9 Å². The third-order valence-electron chi connectivity index (χ3n) is 3.98. The van der Waals surface area contributed by atoms with Gasteiger partial charge in [-0.3, -0.25) is 0 Å². The lowest BCUT2D eigenvalue weighted by Crippen LogP contribution is -2.33. The van der Waals surface area contributed by atoms with E-state index >= 15 is 0 Å². The number of nitrogens with zero attached hydrogens (tertiary/aromatic N) is 1. The highest BCUT2D eigenvalue weighted by atomic mass is 79.9. The molecule has 0 spiro atoms. The molecule has 118 valence electrons. The molecular formula is C18H29BrN2. The van der Waals surface area contributed by atoms with Gasteiger partial charge in [-0.1, -0.05) is 19.9 Å². The summed E-state index contributed by atoms with van der Waals surface area (Å²) in [5, 5.41) is 3.51. The highest BCUT2D eigenvalue weighted by molar-refractivity contribution is 9.10. The van der Waals surface area contributed by atoms with E-state index in [1.165, 1.54) is 35.1 Å². The van der Waals surface area contributed by atoms with Gasteiger partial charge in [0.25, 0.3) is 0 Å². The van der Waals surface area contributed by atoms with E-state index in [0.29, 0.717) is 12.0 Å². The van der Waals surface area contributed by atoms with Crippen LogP contribution in [0.5, 0.6) is 0 Å². The molecule has 0 bridgehead atoms. The van der Waals surface area contributed by atoms with Crippen molar-refractivity contribution in [1.82, 2.24) is 5.32 Å². The van der Waals surface area contributed by atoms with Crippen LogP contribution in [0, 0.1) is 11.8 Å². The van der Waals surface area contributed by atoms with Crippen molar-refractivity contribution in [3.63, 3.8) is 0 Å². The monoisotopic (exact) mass is 352 g/mol. The van der Waals surface area contributed by atoms with Gasteiger partial charge in [0.1, 0.15) is 0 Å². The molecule has 1 aliphatic carbocycles. The first-order valence-corrected chi connectivity index (χ1v) is 9.02. The molecule has 0 saturated heterocycles. The topological polar surface area (TPSA) is 15.3 Å². The lowest BCUT2D eigenvalue weighted by atomic mass is 10.1. The Morgan fingerprint density at radius 2 is 1.95 bits per heavy atom. The van der Waals surface area contributed by atoms with Crippen LogP contribution in [-0.4, -0.2) is 19.1 Å². The molecule has 2 nitrogen and oxygen atoms in total. The summed E-state index contributed by atoms with van der Waals surface area (Å²) in [6.07, 6.45) is 2.80. The van der Waals surface area contributed by atoms with Crippen molar-refractivity contribution < 1.29 is 0 Å². The van der Waals surface area contributed by atoms with Crippen LogP contribution in [0.4, 0.5) is 5.69 Å². The van der Waals surface area contributed by atoms with Crippen molar-refractivity contribution in [3.8, 4) is 0 Å². The van der Waals surface area contributed by atoms with Crippen LogP contribution in [0.1, 0.15) is 46.1 Å². The first-order chi connectivity index (χ1) is 9.97. The highest BCUT2D eigenvalue weighted by Crippen LogP contribution is 2.35. The molecule has 1 aromatic carbocycles. The largest absolute Gasteiger partial charge is 0.368 e. The zero-order valence-electron chi connectivity index (χ0n) is 13.8. The molecule has 2 rings (SSSR count). The summed E-state index contributed by atoms with van der Waals surface area (Å²) in [5.74, 6) is 1.61.